The van der Waals surface area contributed by atoms with E-state index in [4.69, 9.17) is 5.11 Å². The molecule has 2 heterocycles. The van der Waals surface area contributed by atoms with Crippen LogP contribution < -0.4 is 10.2 Å². The largest absolute Gasteiger partial charge is 0.481 e. The normalized spacial score (nSPS) is 14.4. The molecule has 1 aliphatic rings. The number of carboxylic acids is 1. The van der Waals surface area contributed by atoms with Crippen molar-refractivity contribution >= 4 is 40.8 Å². The molecule has 8 heteroatoms. The van der Waals surface area contributed by atoms with Crippen LogP contribution in [0, 0.1) is 5.92 Å². The number of hydrogen-bond acceptors (Lipinski definition) is 5. The molecular formula is C19H24ClN3O3S. The lowest BCUT2D eigenvalue weighted by Crippen LogP contribution is -2.39. The zero-order valence-electron chi connectivity index (χ0n) is 15.2. The SMILES string of the molecule is CN(C(=O)C1CCNCC1)c1nc(-c2ccc(CCC(=O)O)cc2)cs1.Cl. The van der Waals surface area contributed by atoms with Crippen LogP contribution in [0.15, 0.2) is 29.6 Å². The van der Waals surface area contributed by atoms with E-state index in [1.807, 2.05) is 29.6 Å². The van der Waals surface area contributed by atoms with Crippen LogP contribution in [0.3, 0.4) is 0 Å². The number of nitrogens with one attached hydrogen (secondary N) is 1. The highest BCUT2D eigenvalue weighted by Crippen LogP contribution is 2.29. The first-order chi connectivity index (χ1) is 12.5. The molecule has 1 amide bonds. The number of aromatic nitrogens is 1. The maximum absolute atomic E-state index is 12.6. The number of carbonyl (C=O) groups excluding carboxylic acids is 1. The smallest absolute Gasteiger partial charge is 0.303 e. The Hall–Kier alpha value is -1.96. The van der Waals surface area contributed by atoms with Crippen LogP contribution in [0.4, 0.5) is 5.13 Å². The van der Waals surface area contributed by atoms with Crippen molar-refractivity contribution in [2.75, 3.05) is 25.0 Å². The number of carboxylic acid groups (broad SMARTS) is 1. The molecule has 2 aromatic rings. The first kappa shape index (κ1) is 21.3. The van der Waals surface area contributed by atoms with E-state index in [-0.39, 0.29) is 30.7 Å². The van der Waals surface area contributed by atoms with Gasteiger partial charge in [0.15, 0.2) is 5.13 Å². The molecule has 1 saturated heterocycles. The van der Waals surface area contributed by atoms with E-state index in [9.17, 15) is 9.59 Å². The Morgan fingerprint density at radius 1 is 1.26 bits per heavy atom. The molecule has 0 unspecified atom stereocenters. The van der Waals surface area contributed by atoms with E-state index in [1.165, 1.54) is 11.3 Å². The Kier molecular flexibility index (Phi) is 7.77. The highest BCUT2D eigenvalue weighted by molar-refractivity contribution is 7.14. The van der Waals surface area contributed by atoms with Gasteiger partial charge in [0.1, 0.15) is 0 Å². The summed E-state index contributed by atoms with van der Waals surface area (Å²) in [6, 6.07) is 7.76. The highest BCUT2D eigenvalue weighted by Gasteiger charge is 2.26. The number of piperidine rings is 1. The van der Waals surface area contributed by atoms with Crippen molar-refractivity contribution in [3.63, 3.8) is 0 Å². The van der Waals surface area contributed by atoms with Gasteiger partial charge in [0.05, 0.1) is 5.69 Å². The number of nitrogens with zero attached hydrogens (tertiary/aromatic N) is 2. The van der Waals surface area contributed by atoms with Crippen molar-refractivity contribution < 1.29 is 14.7 Å². The van der Waals surface area contributed by atoms with Crippen molar-refractivity contribution in [2.24, 2.45) is 5.92 Å². The van der Waals surface area contributed by atoms with Gasteiger partial charge in [-0.3, -0.25) is 14.5 Å². The number of benzene rings is 1. The van der Waals surface area contributed by atoms with Gasteiger partial charge in [-0.05, 0) is 37.9 Å². The monoisotopic (exact) mass is 409 g/mol. The van der Waals surface area contributed by atoms with Gasteiger partial charge in [0.2, 0.25) is 5.91 Å². The summed E-state index contributed by atoms with van der Waals surface area (Å²) in [6.45, 7) is 1.78. The van der Waals surface area contributed by atoms with Crippen molar-refractivity contribution in [2.45, 2.75) is 25.7 Å². The van der Waals surface area contributed by atoms with Crippen molar-refractivity contribution in [1.29, 1.82) is 0 Å². The quantitative estimate of drug-likeness (QED) is 0.765. The molecule has 146 valence electrons. The Morgan fingerprint density at radius 2 is 1.93 bits per heavy atom. The molecule has 1 aromatic carbocycles. The van der Waals surface area contributed by atoms with E-state index < -0.39 is 5.97 Å². The Bertz CT molecular complexity index is 773. The third-order valence-electron chi connectivity index (χ3n) is 4.68. The Labute approximate surface area is 169 Å². The first-order valence-corrected chi connectivity index (χ1v) is 9.67. The molecule has 2 N–H and O–H groups in total. The van der Waals surface area contributed by atoms with E-state index >= 15 is 0 Å². The van der Waals surface area contributed by atoms with Crippen molar-refractivity contribution in [3.8, 4) is 11.3 Å². The summed E-state index contributed by atoms with van der Waals surface area (Å²) < 4.78 is 0. The topological polar surface area (TPSA) is 82.5 Å². The van der Waals surface area contributed by atoms with Gasteiger partial charge < -0.3 is 10.4 Å². The maximum Gasteiger partial charge on any atom is 0.303 e. The van der Waals surface area contributed by atoms with E-state index in [2.05, 4.69) is 10.3 Å². The van der Waals surface area contributed by atoms with Crippen LogP contribution in [0.2, 0.25) is 0 Å². The molecule has 3 rings (SSSR count). The second-order valence-corrected chi connectivity index (χ2v) is 7.36. The standard InChI is InChI=1S/C19H23N3O3S.ClH/c1-22(18(25)15-8-10-20-11-9-15)19-21-16(12-26-19)14-5-2-13(3-6-14)4-7-17(23)24;/h2-3,5-6,12,15,20H,4,7-11H2,1H3,(H,23,24);1H. The van der Waals surface area contributed by atoms with Crippen LogP contribution in [-0.4, -0.2) is 42.1 Å². The van der Waals surface area contributed by atoms with Crippen molar-refractivity contribution in [3.05, 3.63) is 35.2 Å². The number of carbonyl (C=O) groups is 2. The van der Waals surface area contributed by atoms with Gasteiger partial charge in [-0.1, -0.05) is 24.3 Å². The maximum atomic E-state index is 12.6. The zero-order chi connectivity index (χ0) is 18.5. The molecular weight excluding hydrogens is 386 g/mol. The van der Waals surface area contributed by atoms with Gasteiger partial charge in [0.25, 0.3) is 0 Å². The summed E-state index contributed by atoms with van der Waals surface area (Å²) in [5.41, 5.74) is 2.79. The average Bonchev–Trinajstić information content (AvgIpc) is 3.16. The lowest BCUT2D eigenvalue weighted by Gasteiger charge is -2.25. The number of rotatable bonds is 6. The number of amides is 1. The number of anilines is 1. The fourth-order valence-corrected chi connectivity index (χ4v) is 3.89. The molecule has 1 fully saturated rings. The molecule has 0 saturated carbocycles. The molecule has 0 spiro atoms. The number of halogens is 1. The number of thiazole rings is 1. The predicted molar refractivity (Wildman–Crippen MR) is 110 cm³/mol. The van der Waals surface area contributed by atoms with Crippen LogP contribution in [0.5, 0.6) is 0 Å². The summed E-state index contributed by atoms with van der Waals surface area (Å²) in [7, 11) is 1.79. The van der Waals surface area contributed by atoms with Crippen LogP contribution >= 0.6 is 23.7 Å². The number of hydrogen-bond donors (Lipinski definition) is 2. The molecule has 0 aliphatic carbocycles. The van der Waals surface area contributed by atoms with Gasteiger partial charge in [-0.2, -0.15) is 0 Å². The van der Waals surface area contributed by atoms with Crippen LogP contribution in [0.1, 0.15) is 24.8 Å². The minimum absolute atomic E-state index is 0. The van der Waals surface area contributed by atoms with E-state index in [1.54, 1.807) is 11.9 Å². The van der Waals surface area contributed by atoms with Gasteiger partial charge in [-0.15, -0.1) is 23.7 Å². The highest BCUT2D eigenvalue weighted by atomic mass is 35.5. The molecule has 1 aromatic heterocycles. The van der Waals surface area contributed by atoms with Crippen LogP contribution in [-0.2, 0) is 16.0 Å². The number of aliphatic carboxylic acids is 1. The van der Waals surface area contributed by atoms with E-state index in [0.717, 1.165) is 42.8 Å². The second-order valence-electron chi connectivity index (χ2n) is 6.53. The Morgan fingerprint density at radius 3 is 2.56 bits per heavy atom. The number of aryl methyl sites for hydroxylation is 1. The molecule has 0 atom stereocenters. The average molecular weight is 410 g/mol. The first-order valence-electron chi connectivity index (χ1n) is 8.79. The summed E-state index contributed by atoms with van der Waals surface area (Å²) in [5, 5.41) is 14.7. The van der Waals surface area contributed by atoms with Gasteiger partial charge in [-0.25, -0.2) is 4.98 Å². The third kappa shape index (κ3) is 5.51. The second kappa shape index (κ2) is 9.82. The lowest BCUT2D eigenvalue weighted by molar-refractivity contribution is -0.137. The third-order valence-corrected chi connectivity index (χ3v) is 5.59. The predicted octanol–water partition coefficient (Wildman–Crippen LogP) is 3.21. The van der Waals surface area contributed by atoms with Gasteiger partial charge >= 0.3 is 5.97 Å². The molecule has 1 aliphatic heterocycles. The molecule has 0 radical (unpaired) electrons. The Balaban J connectivity index is 0.00000261. The molecule has 0 bridgehead atoms. The fourth-order valence-electron chi connectivity index (χ4n) is 3.08. The summed E-state index contributed by atoms with van der Waals surface area (Å²) >= 11 is 1.46. The molecule has 27 heavy (non-hydrogen) atoms. The summed E-state index contributed by atoms with van der Waals surface area (Å²) in [4.78, 5) is 29.6. The zero-order valence-corrected chi connectivity index (χ0v) is 16.8. The lowest BCUT2D eigenvalue weighted by atomic mass is 9.97. The van der Waals surface area contributed by atoms with Crippen molar-refractivity contribution in [1.82, 2.24) is 10.3 Å². The van der Waals surface area contributed by atoms with E-state index in [0.29, 0.717) is 11.6 Å². The minimum Gasteiger partial charge on any atom is -0.481 e. The van der Waals surface area contributed by atoms with Gasteiger partial charge in [0, 0.05) is 30.3 Å². The minimum atomic E-state index is -0.792. The molecule has 6 nitrogen and oxygen atoms in total. The fraction of sp³-hybridized carbons (Fsp3) is 0.421. The summed E-state index contributed by atoms with van der Waals surface area (Å²) in [5.74, 6) is -0.585. The van der Waals surface area contributed by atoms with Crippen LogP contribution in [0.25, 0.3) is 11.3 Å². The summed E-state index contributed by atoms with van der Waals surface area (Å²) in [6.07, 6.45) is 2.40.